The van der Waals surface area contributed by atoms with Crippen molar-refractivity contribution in [1.82, 2.24) is 14.9 Å². The molecule has 1 saturated heterocycles. The minimum absolute atomic E-state index is 0.0720. The van der Waals surface area contributed by atoms with Gasteiger partial charge < -0.3 is 14.6 Å². The van der Waals surface area contributed by atoms with E-state index in [1.54, 1.807) is 17.5 Å². The van der Waals surface area contributed by atoms with Gasteiger partial charge in [-0.3, -0.25) is 4.79 Å². The maximum Gasteiger partial charge on any atom is 0.264 e. The first-order valence-electron chi connectivity index (χ1n) is 7.61. The number of hydrogen-bond acceptors (Lipinski definition) is 4. The van der Waals surface area contributed by atoms with Crippen LogP contribution < -0.4 is 0 Å². The van der Waals surface area contributed by atoms with Crippen LogP contribution in [0.3, 0.4) is 0 Å². The van der Waals surface area contributed by atoms with E-state index >= 15 is 0 Å². The van der Waals surface area contributed by atoms with Gasteiger partial charge in [0, 0.05) is 23.1 Å². The molecule has 1 fully saturated rings. The highest BCUT2D eigenvalue weighted by molar-refractivity contribution is 7.20. The second-order valence-electron chi connectivity index (χ2n) is 5.71. The Morgan fingerprint density at radius 3 is 3.09 bits per heavy atom. The number of amides is 1. The summed E-state index contributed by atoms with van der Waals surface area (Å²) in [4.78, 5) is 23.0. The number of fused-ring (bicyclic) bond motifs is 1. The summed E-state index contributed by atoms with van der Waals surface area (Å²) in [6.45, 7) is 3.63. The molecular formula is C17H17N3O2S. The molecule has 2 aromatic heterocycles. The number of aromatic amines is 1. The highest BCUT2D eigenvalue weighted by Crippen LogP contribution is 2.28. The summed E-state index contributed by atoms with van der Waals surface area (Å²) in [6, 6.07) is 10.1. The summed E-state index contributed by atoms with van der Waals surface area (Å²) >= 11 is 1.54. The number of ether oxygens (including phenoxy) is 1. The lowest BCUT2D eigenvalue weighted by atomic mass is 10.2. The first kappa shape index (κ1) is 14.4. The number of morpholine rings is 1. The standard InChI is InChI=1S/C17H17N3O2S/c1-11-9-18-16(19-11)13-10-20(6-7-22-13)17(21)15-8-12-4-2-3-5-14(12)23-15/h2-5,8-9,13H,6-7,10H2,1H3,(H,18,19)/t13-/m1/s1. The van der Waals surface area contributed by atoms with Crippen molar-refractivity contribution in [3.63, 3.8) is 0 Å². The van der Waals surface area contributed by atoms with Crippen molar-refractivity contribution in [2.24, 2.45) is 0 Å². The first-order valence-corrected chi connectivity index (χ1v) is 8.43. The number of benzene rings is 1. The smallest absolute Gasteiger partial charge is 0.264 e. The molecule has 1 aliphatic heterocycles. The summed E-state index contributed by atoms with van der Waals surface area (Å²) in [6.07, 6.45) is 1.60. The fourth-order valence-electron chi connectivity index (χ4n) is 2.84. The van der Waals surface area contributed by atoms with Crippen LogP contribution in [0.5, 0.6) is 0 Å². The van der Waals surface area contributed by atoms with Crippen LogP contribution in [-0.4, -0.2) is 40.5 Å². The van der Waals surface area contributed by atoms with Crippen molar-refractivity contribution in [3.05, 3.63) is 52.9 Å². The first-order chi connectivity index (χ1) is 11.2. The second kappa shape index (κ2) is 5.79. The number of hydrogen-bond donors (Lipinski definition) is 1. The van der Waals surface area contributed by atoms with Gasteiger partial charge >= 0.3 is 0 Å². The van der Waals surface area contributed by atoms with E-state index in [0.29, 0.717) is 19.7 Å². The van der Waals surface area contributed by atoms with Gasteiger partial charge in [0.25, 0.3) is 5.91 Å². The number of thiophene rings is 1. The van der Waals surface area contributed by atoms with Gasteiger partial charge in [-0.05, 0) is 24.4 Å². The maximum absolute atomic E-state index is 12.8. The van der Waals surface area contributed by atoms with Gasteiger partial charge in [-0.25, -0.2) is 4.98 Å². The summed E-state index contributed by atoms with van der Waals surface area (Å²) in [5.41, 5.74) is 0.997. The third kappa shape index (κ3) is 2.75. The molecule has 1 amide bonds. The molecule has 0 aliphatic carbocycles. The van der Waals surface area contributed by atoms with Crippen LogP contribution in [0.25, 0.3) is 10.1 Å². The van der Waals surface area contributed by atoms with Crippen molar-refractivity contribution in [3.8, 4) is 0 Å². The summed E-state index contributed by atoms with van der Waals surface area (Å²) < 4.78 is 6.91. The van der Waals surface area contributed by atoms with Gasteiger partial charge in [-0.15, -0.1) is 11.3 Å². The third-order valence-corrected chi connectivity index (χ3v) is 5.12. The summed E-state index contributed by atoms with van der Waals surface area (Å²) in [7, 11) is 0. The number of rotatable bonds is 2. The molecule has 1 aromatic carbocycles. The predicted octanol–water partition coefficient (Wildman–Crippen LogP) is 3.15. The summed E-state index contributed by atoms with van der Waals surface area (Å²) in [5.74, 6) is 0.860. The van der Waals surface area contributed by atoms with Crippen LogP contribution >= 0.6 is 11.3 Å². The van der Waals surface area contributed by atoms with E-state index in [-0.39, 0.29) is 12.0 Å². The maximum atomic E-state index is 12.8. The van der Waals surface area contributed by atoms with Crippen LogP contribution in [-0.2, 0) is 4.74 Å². The van der Waals surface area contributed by atoms with Gasteiger partial charge in [-0.2, -0.15) is 0 Å². The Balaban J connectivity index is 1.55. The largest absolute Gasteiger partial charge is 0.367 e. The van der Waals surface area contributed by atoms with E-state index < -0.39 is 0 Å². The van der Waals surface area contributed by atoms with Crippen molar-refractivity contribution < 1.29 is 9.53 Å². The lowest BCUT2D eigenvalue weighted by Gasteiger charge is -2.31. The van der Waals surface area contributed by atoms with Crippen LogP contribution in [0.1, 0.15) is 27.3 Å². The van der Waals surface area contributed by atoms with Crippen LogP contribution in [0, 0.1) is 6.92 Å². The fourth-order valence-corrected chi connectivity index (χ4v) is 3.87. The molecule has 1 N–H and O–H groups in total. The average Bonchev–Trinajstić information content (AvgIpc) is 3.20. The summed E-state index contributed by atoms with van der Waals surface area (Å²) in [5, 5.41) is 1.12. The average molecular weight is 327 g/mol. The highest BCUT2D eigenvalue weighted by Gasteiger charge is 2.28. The Morgan fingerprint density at radius 1 is 1.43 bits per heavy atom. The molecule has 118 valence electrons. The minimum atomic E-state index is -0.184. The normalized spacial score (nSPS) is 18.5. The number of carbonyl (C=O) groups is 1. The van der Waals surface area contributed by atoms with E-state index in [0.717, 1.165) is 26.5 Å². The number of carbonyl (C=O) groups excluding carboxylic acids is 1. The predicted molar refractivity (Wildman–Crippen MR) is 89.7 cm³/mol. The molecule has 0 spiro atoms. The topological polar surface area (TPSA) is 58.2 Å². The van der Waals surface area contributed by atoms with Gasteiger partial charge in [0.15, 0.2) is 0 Å². The molecule has 1 aliphatic rings. The van der Waals surface area contributed by atoms with Crippen molar-refractivity contribution in [2.45, 2.75) is 13.0 Å². The van der Waals surface area contributed by atoms with Gasteiger partial charge in [0.05, 0.1) is 18.0 Å². The number of imidazole rings is 1. The zero-order valence-corrected chi connectivity index (χ0v) is 13.6. The van der Waals surface area contributed by atoms with Crippen molar-refractivity contribution in [2.75, 3.05) is 19.7 Å². The molecule has 0 saturated carbocycles. The number of H-pyrrole nitrogens is 1. The molecule has 1 atom stereocenters. The van der Waals surface area contributed by atoms with E-state index in [1.807, 2.05) is 42.2 Å². The van der Waals surface area contributed by atoms with Crippen molar-refractivity contribution >= 4 is 27.3 Å². The molecule has 4 rings (SSSR count). The number of nitrogens with one attached hydrogen (secondary N) is 1. The molecular weight excluding hydrogens is 310 g/mol. The van der Waals surface area contributed by atoms with E-state index in [4.69, 9.17) is 4.74 Å². The molecule has 3 aromatic rings. The van der Waals surface area contributed by atoms with E-state index in [1.165, 1.54) is 0 Å². The second-order valence-corrected chi connectivity index (χ2v) is 6.79. The van der Waals surface area contributed by atoms with Crippen LogP contribution in [0.2, 0.25) is 0 Å². The Kier molecular flexibility index (Phi) is 3.63. The SMILES string of the molecule is Cc1cnc([C@H]2CN(C(=O)c3cc4ccccc4s3)CCO2)[nH]1. The Hall–Kier alpha value is -2.18. The number of nitrogens with zero attached hydrogens (tertiary/aromatic N) is 2. The van der Waals surface area contributed by atoms with Crippen LogP contribution in [0.4, 0.5) is 0 Å². The molecule has 3 heterocycles. The Bertz CT molecular complexity index is 821. The monoisotopic (exact) mass is 327 g/mol. The molecule has 5 nitrogen and oxygen atoms in total. The Morgan fingerprint density at radius 2 is 2.30 bits per heavy atom. The lowest BCUT2D eigenvalue weighted by molar-refractivity contribution is -0.0263. The van der Waals surface area contributed by atoms with Crippen LogP contribution in [0.15, 0.2) is 36.5 Å². The third-order valence-electron chi connectivity index (χ3n) is 4.02. The minimum Gasteiger partial charge on any atom is -0.367 e. The Labute approximate surface area is 137 Å². The molecule has 0 bridgehead atoms. The van der Waals surface area contributed by atoms with Crippen molar-refractivity contribution in [1.29, 1.82) is 0 Å². The molecule has 23 heavy (non-hydrogen) atoms. The molecule has 6 heteroatoms. The molecule has 0 unspecified atom stereocenters. The quantitative estimate of drug-likeness (QED) is 0.786. The molecule has 0 radical (unpaired) electrons. The highest BCUT2D eigenvalue weighted by atomic mass is 32.1. The zero-order chi connectivity index (χ0) is 15.8. The van der Waals surface area contributed by atoms with Gasteiger partial charge in [0.2, 0.25) is 0 Å². The van der Waals surface area contributed by atoms with Gasteiger partial charge in [-0.1, -0.05) is 18.2 Å². The number of aryl methyl sites for hydroxylation is 1. The fraction of sp³-hybridized carbons (Fsp3) is 0.294. The van der Waals surface area contributed by atoms with Gasteiger partial charge in [0.1, 0.15) is 11.9 Å². The van der Waals surface area contributed by atoms with E-state index in [9.17, 15) is 4.79 Å². The van der Waals surface area contributed by atoms with E-state index in [2.05, 4.69) is 9.97 Å². The zero-order valence-electron chi connectivity index (χ0n) is 12.8. The lowest BCUT2D eigenvalue weighted by Crippen LogP contribution is -2.42. The number of aromatic nitrogens is 2.